The number of nitrogens with zero attached hydrogens (tertiary/aromatic N) is 4. The number of carbonyl (C=O) groups is 5. The SMILES string of the molecule is CCOC(=O)CN(C)C(C)C(=O)OCCc1ccc([S+](c2ccccc2)c2ccccc2)cc1.CN(CC#N)CC(=O)OCCc1ccc([S+](c2ccccc2)c2ccccc2)cc1.CN(CC(=O)OCCc1ccc([S+](c2ccccc2)c2ccccc2)cc1)C1CCOC1=O. The molecule has 1 heterocycles. The first-order valence-corrected chi connectivity index (χ1v) is 36.0. The van der Waals surface area contributed by atoms with Crippen molar-refractivity contribution >= 4 is 62.5 Å². The highest BCUT2D eigenvalue weighted by Gasteiger charge is 2.33. The number of rotatable bonds is 29. The summed E-state index contributed by atoms with van der Waals surface area (Å²) in [5.74, 6) is -1.61. The van der Waals surface area contributed by atoms with Crippen molar-refractivity contribution in [1.29, 1.82) is 5.26 Å². The third kappa shape index (κ3) is 23.5. The monoisotopic (exact) mass is 1360 g/mol. The molecule has 9 aromatic rings. The number of carbonyl (C=O) groups excluding carboxylic acids is 5. The van der Waals surface area contributed by atoms with E-state index in [0.29, 0.717) is 58.7 Å². The molecule has 500 valence electrons. The summed E-state index contributed by atoms with van der Waals surface area (Å²) in [7, 11) is 4.65. The normalized spacial score (nSPS) is 12.8. The second kappa shape index (κ2) is 39.7. The first-order valence-electron chi connectivity index (χ1n) is 32.3. The van der Waals surface area contributed by atoms with Gasteiger partial charge in [0.25, 0.3) is 0 Å². The Morgan fingerprint density at radius 2 is 0.763 bits per heavy atom. The zero-order chi connectivity index (χ0) is 68.6. The van der Waals surface area contributed by atoms with Crippen LogP contribution in [0, 0.1) is 11.3 Å². The summed E-state index contributed by atoms with van der Waals surface area (Å²) in [5.41, 5.74) is 3.35. The van der Waals surface area contributed by atoms with E-state index in [1.807, 2.05) is 42.5 Å². The van der Waals surface area contributed by atoms with Crippen LogP contribution in [-0.2, 0) is 99.6 Å². The van der Waals surface area contributed by atoms with Crippen LogP contribution in [0.4, 0.5) is 0 Å². The summed E-state index contributed by atoms with van der Waals surface area (Å²) in [6.07, 6.45) is 2.55. The number of cyclic esters (lactones) is 1. The van der Waals surface area contributed by atoms with Crippen molar-refractivity contribution in [2.24, 2.45) is 0 Å². The molecule has 1 aliphatic heterocycles. The number of nitriles is 1. The van der Waals surface area contributed by atoms with Crippen molar-refractivity contribution in [3.63, 3.8) is 0 Å². The van der Waals surface area contributed by atoms with Crippen molar-refractivity contribution in [3.05, 3.63) is 271 Å². The number of hydrogen-bond donors (Lipinski definition) is 0. The summed E-state index contributed by atoms with van der Waals surface area (Å²) in [6.45, 7) is 5.62. The second-order valence-corrected chi connectivity index (χ2v) is 28.8. The summed E-state index contributed by atoms with van der Waals surface area (Å²) < 4.78 is 26.0. The lowest BCUT2D eigenvalue weighted by atomic mass is 10.2. The Balaban J connectivity index is 0.000000186. The molecule has 0 aliphatic carbocycles. The van der Waals surface area contributed by atoms with Gasteiger partial charge in [-0.15, -0.1) is 0 Å². The minimum absolute atomic E-state index is 0.0519. The Bertz CT molecular complexity index is 3760. The molecule has 0 spiro atoms. The van der Waals surface area contributed by atoms with E-state index in [0.717, 1.165) is 16.7 Å². The van der Waals surface area contributed by atoms with Gasteiger partial charge in [-0.25, -0.2) is 0 Å². The zero-order valence-corrected chi connectivity index (χ0v) is 58.1. The average molecular weight is 1360 g/mol. The van der Waals surface area contributed by atoms with E-state index in [4.69, 9.17) is 28.9 Å². The molecule has 9 aromatic carbocycles. The maximum absolute atomic E-state index is 12.4. The third-order valence-electron chi connectivity index (χ3n) is 15.5. The predicted molar refractivity (Wildman–Crippen MR) is 382 cm³/mol. The summed E-state index contributed by atoms with van der Waals surface area (Å²) in [6, 6.07) is 90.0. The number of esters is 5. The van der Waals surface area contributed by atoms with Crippen LogP contribution in [0.25, 0.3) is 0 Å². The molecular formula is C80H85N4O10S3+3. The van der Waals surface area contributed by atoms with Crippen LogP contribution in [0.3, 0.4) is 0 Å². The molecule has 1 fully saturated rings. The third-order valence-corrected chi connectivity index (χ3v) is 22.2. The van der Waals surface area contributed by atoms with Gasteiger partial charge < -0.3 is 23.7 Å². The topological polar surface area (TPSA) is 165 Å². The van der Waals surface area contributed by atoms with Gasteiger partial charge in [-0.2, -0.15) is 5.26 Å². The number of benzene rings is 9. The summed E-state index contributed by atoms with van der Waals surface area (Å²) in [4.78, 5) is 75.9. The lowest BCUT2D eigenvalue weighted by Gasteiger charge is -2.22. The first-order chi connectivity index (χ1) is 47.3. The lowest BCUT2D eigenvalue weighted by Crippen LogP contribution is -2.40. The van der Waals surface area contributed by atoms with E-state index in [1.165, 1.54) is 44.1 Å². The Morgan fingerprint density at radius 3 is 1.07 bits per heavy atom. The minimum Gasteiger partial charge on any atom is -0.465 e. The Morgan fingerprint density at radius 1 is 0.454 bits per heavy atom. The van der Waals surface area contributed by atoms with Gasteiger partial charge in [0, 0.05) is 25.7 Å². The van der Waals surface area contributed by atoms with Crippen molar-refractivity contribution < 1.29 is 47.7 Å². The molecule has 0 radical (unpaired) electrons. The molecule has 0 saturated carbocycles. The highest BCUT2D eigenvalue weighted by Crippen LogP contribution is 2.34. The number of hydrogen-bond acceptors (Lipinski definition) is 14. The van der Waals surface area contributed by atoms with E-state index in [-0.39, 0.29) is 94.8 Å². The fourth-order valence-corrected chi connectivity index (χ4v) is 16.6. The van der Waals surface area contributed by atoms with Crippen molar-refractivity contribution in [2.75, 3.05) is 80.4 Å². The van der Waals surface area contributed by atoms with Gasteiger partial charge in [0.15, 0.2) is 44.1 Å². The van der Waals surface area contributed by atoms with Crippen LogP contribution >= 0.6 is 0 Å². The van der Waals surface area contributed by atoms with Crippen molar-refractivity contribution in [2.45, 2.75) is 95.7 Å². The van der Waals surface area contributed by atoms with Crippen LogP contribution in [0.15, 0.2) is 299 Å². The molecule has 1 aliphatic rings. The lowest BCUT2D eigenvalue weighted by molar-refractivity contribution is -0.152. The quantitative estimate of drug-likeness (QED) is 0.0188. The number of ether oxygens (including phenoxy) is 5. The Hall–Kier alpha value is -9.25. The second-order valence-electron chi connectivity index (χ2n) is 22.7. The molecule has 2 atom stereocenters. The van der Waals surface area contributed by atoms with Gasteiger partial charge in [-0.1, -0.05) is 146 Å². The standard InChI is InChI=1S/C28H32NO4S.C27H28NO4S.C25H25N2O2S/c1-4-32-27(30)21-29(3)22(2)28(31)33-20-19-23-15-17-26(18-16-23)34(24-11-7-5-8-12-24)25-13-9-6-10-14-25;1-28(25-17-19-32-27(25)30)20-26(29)31-18-16-21-12-14-24(15-13-21)33(22-8-4-2-5-9-22)23-10-6-3-7-11-23;1-27(18-17-26)20-25(28)29-19-16-21-12-14-24(15-13-21)30(22-8-4-2-5-9-22)23-10-6-3-7-11-23/h5-18,22H,4,19-21H2,1-3H3;2-15,25H,16-20H2,1H3;2-15H,16,18-20H2,1H3/q3*+1. The van der Waals surface area contributed by atoms with Crippen LogP contribution in [0.2, 0.25) is 0 Å². The van der Waals surface area contributed by atoms with E-state index in [1.54, 1.807) is 49.7 Å². The molecule has 2 unspecified atom stereocenters. The van der Waals surface area contributed by atoms with Gasteiger partial charge in [0.05, 0.1) is 98.0 Å². The maximum Gasteiger partial charge on any atom is 0.323 e. The Kier molecular flexibility index (Phi) is 30.1. The van der Waals surface area contributed by atoms with Crippen LogP contribution in [-0.4, -0.2) is 137 Å². The first kappa shape index (κ1) is 73.6. The molecule has 1 saturated heterocycles. The smallest absolute Gasteiger partial charge is 0.323 e. The fourth-order valence-electron chi connectivity index (χ4n) is 10.3. The van der Waals surface area contributed by atoms with Crippen molar-refractivity contribution in [1.82, 2.24) is 14.7 Å². The molecule has 97 heavy (non-hydrogen) atoms. The van der Waals surface area contributed by atoms with E-state index >= 15 is 0 Å². The summed E-state index contributed by atoms with van der Waals surface area (Å²) in [5, 5.41) is 8.64. The molecule has 0 bridgehead atoms. The predicted octanol–water partition coefficient (Wildman–Crippen LogP) is 13.2. The van der Waals surface area contributed by atoms with Crippen LogP contribution in [0.1, 0.15) is 37.0 Å². The molecule has 14 nitrogen and oxygen atoms in total. The molecule has 0 aromatic heterocycles. The molecule has 0 amide bonds. The van der Waals surface area contributed by atoms with Gasteiger partial charge in [0.1, 0.15) is 12.1 Å². The van der Waals surface area contributed by atoms with Crippen LogP contribution in [0.5, 0.6) is 0 Å². The summed E-state index contributed by atoms with van der Waals surface area (Å²) >= 11 is 0. The van der Waals surface area contributed by atoms with E-state index in [2.05, 4.69) is 218 Å². The van der Waals surface area contributed by atoms with Gasteiger partial charge >= 0.3 is 29.8 Å². The van der Waals surface area contributed by atoms with E-state index < -0.39 is 6.04 Å². The minimum atomic E-state index is -0.523. The van der Waals surface area contributed by atoms with Gasteiger partial charge in [-0.05, 0) is 161 Å². The zero-order valence-electron chi connectivity index (χ0n) is 55.7. The average Bonchev–Trinajstić information content (AvgIpc) is 1.20. The van der Waals surface area contributed by atoms with Gasteiger partial charge in [-0.3, -0.25) is 38.7 Å². The highest BCUT2D eigenvalue weighted by atomic mass is 32.2. The molecule has 10 rings (SSSR count). The molecular weight excluding hydrogens is 1270 g/mol. The number of likely N-dealkylation sites (N-methyl/N-ethyl adjacent to an activating group) is 3. The van der Waals surface area contributed by atoms with Gasteiger partial charge in [0.2, 0.25) is 0 Å². The largest absolute Gasteiger partial charge is 0.465 e. The maximum atomic E-state index is 12.4. The Labute approximate surface area is 580 Å². The molecule has 0 N–H and O–H groups in total. The van der Waals surface area contributed by atoms with Crippen LogP contribution < -0.4 is 0 Å². The van der Waals surface area contributed by atoms with E-state index in [9.17, 15) is 24.0 Å². The molecule has 17 heteroatoms. The van der Waals surface area contributed by atoms with Crippen molar-refractivity contribution in [3.8, 4) is 6.07 Å². The highest BCUT2D eigenvalue weighted by molar-refractivity contribution is 7.97. The fraction of sp³-hybridized carbons (Fsp3) is 0.250.